The Balaban J connectivity index is 2.72. The number of halogens is 1. The molecule has 5 heteroatoms. The van der Waals surface area contributed by atoms with Crippen LogP contribution in [0.1, 0.15) is 16.1 Å². The number of carboxylic acids is 1. The van der Waals surface area contributed by atoms with E-state index in [2.05, 4.69) is 5.10 Å². The van der Waals surface area contributed by atoms with Gasteiger partial charge in [-0.15, -0.1) is 0 Å². The minimum atomic E-state index is -1.28. The highest BCUT2D eigenvalue weighted by atomic mass is 19.1. The number of nitrogens with zero attached hydrogens (tertiary/aromatic N) is 2. The molecule has 0 aliphatic carbocycles. The van der Waals surface area contributed by atoms with Gasteiger partial charge >= 0.3 is 5.97 Å². The molecule has 1 aromatic carbocycles. The van der Waals surface area contributed by atoms with Crippen LogP contribution >= 0.6 is 0 Å². The molecule has 0 atom stereocenters. The predicted molar refractivity (Wildman–Crippen MR) is 60.3 cm³/mol. The molecule has 0 radical (unpaired) electrons. The maximum Gasteiger partial charge on any atom is 0.339 e. The van der Waals surface area contributed by atoms with Crippen molar-refractivity contribution in [2.75, 3.05) is 0 Å². The first-order valence-electron chi connectivity index (χ1n) is 5.03. The molecule has 4 nitrogen and oxygen atoms in total. The summed E-state index contributed by atoms with van der Waals surface area (Å²) in [6, 6.07) is 4.21. The van der Waals surface area contributed by atoms with Crippen LogP contribution in [0, 0.1) is 12.7 Å². The summed E-state index contributed by atoms with van der Waals surface area (Å²) in [7, 11) is 1.75. The number of carbonyl (C=O) groups is 1. The Morgan fingerprint density at radius 3 is 2.65 bits per heavy atom. The first-order valence-corrected chi connectivity index (χ1v) is 5.03. The third-order valence-electron chi connectivity index (χ3n) is 2.75. The number of aromatic nitrogens is 2. The average Bonchev–Trinajstić information content (AvgIpc) is 2.59. The zero-order chi connectivity index (χ0) is 12.6. The van der Waals surface area contributed by atoms with E-state index in [9.17, 15) is 9.18 Å². The van der Waals surface area contributed by atoms with Crippen LogP contribution in [0.3, 0.4) is 0 Å². The lowest BCUT2D eigenvalue weighted by Gasteiger charge is -2.06. The zero-order valence-electron chi connectivity index (χ0n) is 9.44. The Morgan fingerprint density at radius 1 is 1.41 bits per heavy atom. The molecule has 88 valence electrons. The summed E-state index contributed by atoms with van der Waals surface area (Å²) < 4.78 is 15.1. The van der Waals surface area contributed by atoms with Gasteiger partial charge in [-0.05, 0) is 13.0 Å². The Morgan fingerprint density at radius 2 is 2.12 bits per heavy atom. The molecule has 0 aliphatic heterocycles. The largest absolute Gasteiger partial charge is 0.478 e. The maximum atomic E-state index is 13.5. The summed E-state index contributed by atoms with van der Waals surface area (Å²) in [5, 5.41) is 13.1. The van der Waals surface area contributed by atoms with E-state index >= 15 is 0 Å². The maximum absolute atomic E-state index is 13.5. The molecule has 0 bridgehead atoms. The van der Waals surface area contributed by atoms with Crippen LogP contribution in [0.5, 0.6) is 0 Å². The van der Waals surface area contributed by atoms with Crippen molar-refractivity contribution in [1.82, 2.24) is 9.78 Å². The van der Waals surface area contributed by atoms with Gasteiger partial charge in [0.05, 0.1) is 6.20 Å². The number of carboxylic acid groups (broad SMARTS) is 1. The molecular formula is C12H11FN2O2. The molecule has 1 heterocycles. The SMILES string of the molecule is Cc1c(-c2cccc(F)c2C(=O)O)cnn1C. The van der Waals surface area contributed by atoms with E-state index in [-0.39, 0.29) is 5.56 Å². The molecule has 2 aromatic rings. The van der Waals surface area contributed by atoms with E-state index in [1.54, 1.807) is 24.7 Å². The Labute approximate surface area is 97.3 Å². The molecule has 0 unspecified atom stereocenters. The zero-order valence-corrected chi connectivity index (χ0v) is 9.44. The van der Waals surface area contributed by atoms with Gasteiger partial charge in [-0.1, -0.05) is 12.1 Å². The molecule has 0 spiro atoms. The molecule has 1 aromatic heterocycles. The second-order valence-electron chi connectivity index (χ2n) is 3.73. The second-order valence-corrected chi connectivity index (χ2v) is 3.73. The molecule has 0 saturated carbocycles. The Hall–Kier alpha value is -2.17. The number of rotatable bonds is 2. The van der Waals surface area contributed by atoms with Gasteiger partial charge < -0.3 is 5.11 Å². The number of aryl methyl sites for hydroxylation is 1. The fourth-order valence-electron chi connectivity index (χ4n) is 1.73. The van der Waals surface area contributed by atoms with Crippen molar-refractivity contribution in [3.8, 4) is 11.1 Å². The summed E-state index contributed by atoms with van der Waals surface area (Å²) in [6.45, 7) is 1.80. The molecule has 2 rings (SSSR count). The summed E-state index contributed by atoms with van der Waals surface area (Å²) in [4.78, 5) is 11.1. The van der Waals surface area contributed by atoms with Crippen molar-refractivity contribution in [2.24, 2.45) is 7.05 Å². The highest BCUT2D eigenvalue weighted by Crippen LogP contribution is 2.28. The Bertz CT molecular complexity index is 590. The van der Waals surface area contributed by atoms with Crippen LogP contribution < -0.4 is 0 Å². The van der Waals surface area contributed by atoms with E-state index in [1.807, 2.05) is 0 Å². The minimum absolute atomic E-state index is 0.316. The van der Waals surface area contributed by atoms with Gasteiger partial charge in [0, 0.05) is 23.9 Å². The van der Waals surface area contributed by atoms with E-state index in [0.29, 0.717) is 11.1 Å². The lowest BCUT2D eigenvalue weighted by atomic mass is 10.00. The van der Waals surface area contributed by atoms with Gasteiger partial charge in [0.15, 0.2) is 0 Å². The van der Waals surface area contributed by atoms with Crippen LogP contribution in [0.4, 0.5) is 4.39 Å². The first kappa shape index (κ1) is 11.3. The van der Waals surface area contributed by atoms with Crippen LogP contribution in [0.2, 0.25) is 0 Å². The van der Waals surface area contributed by atoms with Gasteiger partial charge in [0.1, 0.15) is 11.4 Å². The standard InChI is InChI=1S/C12H11FN2O2/c1-7-9(6-14-15(7)2)8-4-3-5-10(13)11(8)12(16)17/h3-6H,1-2H3,(H,16,17). The molecule has 17 heavy (non-hydrogen) atoms. The minimum Gasteiger partial charge on any atom is -0.478 e. The fraction of sp³-hybridized carbons (Fsp3) is 0.167. The summed E-state index contributed by atoms with van der Waals surface area (Å²) in [5.74, 6) is -2.01. The molecule has 0 amide bonds. The lowest BCUT2D eigenvalue weighted by Crippen LogP contribution is -2.03. The smallest absolute Gasteiger partial charge is 0.339 e. The molecule has 0 saturated heterocycles. The van der Waals surface area contributed by atoms with Gasteiger partial charge in [0.25, 0.3) is 0 Å². The second kappa shape index (κ2) is 4.01. The van der Waals surface area contributed by atoms with Crippen molar-refractivity contribution in [2.45, 2.75) is 6.92 Å². The van der Waals surface area contributed by atoms with Gasteiger partial charge in [-0.2, -0.15) is 5.10 Å². The molecule has 1 N–H and O–H groups in total. The van der Waals surface area contributed by atoms with E-state index in [0.717, 1.165) is 11.8 Å². The van der Waals surface area contributed by atoms with Gasteiger partial charge in [-0.3, -0.25) is 4.68 Å². The molecule has 0 aliphatic rings. The topological polar surface area (TPSA) is 55.1 Å². The van der Waals surface area contributed by atoms with Crippen molar-refractivity contribution >= 4 is 5.97 Å². The normalized spacial score (nSPS) is 10.5. The van der Waals surface area contributed by atoms with E-state index < -0.39 is 11.8 Å². The highest BCUT2D eigenvalue weighted by Gasteiger charge is 2.19. The third-order valence-corrected chi connectivity index (χ3v) is 2.75. The monoisotopic (exact) mass is 234 g/mol. The average molecular weight is 234 g/mol. The summed E-state index contributed by atoms with van der Waals surface area (Å²) in [6.07, 6.45) is 1.54. The fourth-order valence-corrected chi connectivity index (χ4v) is 1.73. The number of hydrogen-bond donors (Lipinski definition) is 1. The van der Waals surface area contributed by atoms with Crippen LogP contribution in [0.15, 0.2) is 24.4 Å². The van der Waals surface area contributed by atoms with Gasteiger partial charge in [-0.25, -0.2) is 9.18 Å². The van der Waals surface area contributed by atoms with Crippen LogP contribution in [-0.2, 0) is 7.05 Å². The Kier molecular flexibility index (Phi) is 2.67. The van der Waals surface area contributed by atoms with E-state index in [4.69, 9.17) is 5.11 Å². The van der Waals surface area contributed by atoms with Crippen LogP contribution in [0.25, 0.3) is 11.1 Å². The number of aromatic carboxylic acids is 1. The van der Waals surface area contributed by atoms with Gasteiger partial charge in [0.2, 0.25) is 0 Å². The number of hydrogen-bond acceptors (Lipinski definition) is 2. The van der Waals surface area contributed by atoms with Crippen molar-refractivity contribution in [3.05, 3.63) is 41.5 Å². The molecular weight excluding hydrogens is 223 g/mol. The van der Waals surface area contributed by atoms with Crippen molar-refractivity contribution in [1.29, 1.82) is 0 Å². The van der Waals surface area contributed by atoms with Crippen LogP contribution in [-0.4, -0.2) is 20.9 Å². The first-order chi connectivity index (χ1) is 8.02. The van der Waals surface area contributed by atoms with E-state index in [1.165, 1.54) is 12.3 Å². The quantitative estimate of drug-likeness (QED) is 0.866. The summed E-state index contributed by atoms with van der Waals surface area (Å²) in [5.41, 5.74) is 1.45. The predicted octanol–water partition coefficient (Wildman–Crippen LogP) is 2.23. The lowest BCUT2D eigenvalue weighted by molar-refractivity contribution is 0.0693. The van der Waals surface area contributed by atoms with Crippen molar-refractivity contribution < 1.29 is 14.3 Å². The van der Waals surface area contributed by atoms with Crippen molar-refractivity contribution in [3.63, 3.8) is 0 Å². The highest BCUT2D eigenvalue weighted by molar-refractivity contribution is 5.96. The number of benzene rings is 1. The third kappa shape index (κ3) is 1.80. The summed E-state index contributed by atoms with van der Waals surface area (Å²) >= 11 is 0. The molecule has 0 fully saturated rings.